The Morgan fingerprint density at radius 2 is 1.91 bits per heavy atom. The third kappa shape index (κ3) is 4.40. The molecule has 2 fully saturated rings. The van der Waals surface area contributed by atoms with Crippen molar-refractivity contribution in [3.8, 4) is 0 Å². The molecule has 1 N–H and O–H groups in total. The predicted octanol–water partition coefficient (Wildman–Crippen LogP) is 2.10. The SMILES string of the molecule is C=N/C(=C\C(=N/C)C(C)(C)C)N[C@H]1C[C@@H](N2CCOCC2)C1. The summed E-state index contributed by atoms with van der Waals surface area (Å²) < 4.78 is 5.41. The van der Waals surface area contributed by atoms with Crippen molar-refractivity contribution in [2.75, 3.05) is 33.4 Å². The van der Waals surface area contributed by atoms with Gasteiger partial charge in [0.25, 0.3) is 0 Å². The molecule has 0 unspecified atom stereocenters. The van der Waals surface area contributed by atoms with Gasteiger partial charge in [-0.25, -0.2) is 4.99 Å². The molecule has 1 saturated heterocycles. The molecule has 1 saturated carbocycles. The highest BCUT2D eigenvalue weighted by molar-refractivity contribution is 5.99. The van der Waals surface area contributed by atoms with E-state index in [0.717, 1.165) is 37.8 Å². The first-order valence-electron chi connectivity index (χ1n) is 8.18. The molecule has 2 aliphatic rings. The van der Waals surface area contributed by atoms with E-state index in [1.165, 1.54) is 12.8 Å². The van der Waals surface area contributed by atoms with Crippen LogP contribution in [0.3, 0.4) is 0 Å². The minimum atomic E-state index is 0.0162. The maximum absolute atomic E-state index is 5.41. The van der Waals surface area contributed by atoms with E-state index < -0.39 is 0 Å². The van der Waals surface area contributed by atoms with Crippen LogP contribution in [0.4, 0.5) is 0 Å². The molecule has 0 aromatic rings. The van der Waals surface area contributed by atoms with Crippen molar-refractivity contribution < 1.29 is 4.74 Å². The van der Waals surface area contributed by atoms with Gasteiger partial charge in [-0.15, -0.1) is 0 Å². The fourth-order valence-electron chi connectivity index (χ4n) is 3.03. The van der Waals surface area contributed by atoms with Gasteiger partial charge in [-0.2, -0.15) is 0 Å². The smallest absolute Gasteiger partial charge is 0.127 e. The Labute approximate surface area is 134 Å². The first kappa shape index (κ1) is 17.2. The first-order valence-corrected chi connectivity index (χ1v) is 8.18. The van der Waals surface area contributed by atoms with E-state index in [1.807, 2.05) is 13.1 Å². The van der Waals surface area contributed by atoms with E-state index in [2.05, 4.69) is 47.7 Å². The summed E-state index contributed by atoms with van der Waals surface area (Å²) in [7, 11) is 1.83. The fourth-order valence-corrected chi connectivity index (χ4v) is 3.03. The molecule has 0 spiro atoms. The lowest BCUT2D eigenvalue weighted by molar-refractivity contribution is -0.00898. The highest BCUT2D eigenvalue weighted by Crippen LogP contribution is 2.27. The topological polar surface area (TPSA) is 49.2 Å². The molecule has 0 atom stereocenters. The van der Waals surface area contributed by atoms with Crippen molar-refractivity contribution in [2.45, 2.75) is 45.7 Å². The van der Waals surface area contributed by atoms with Gasteiger partial charge < -0.3 is 10.1 Å². The van der Waals surface area contributed by atoms with Crippen LogP contribution in [0.1, 0.15) is 33.6 Å². The summed E-state index contributed by atoms with van der Waals surface area (Å²) in [6, 6.07) is 1.18. The highest BCUT2D eigenvalue weighted by Gasteiger charge is 2.34. The van der Waals surface area contributed by atoms with Crippen LogP contribution in [-0.2, 0) is 4.74 Å². The summed E-state index contributed by atoms with van der Waals surface area (Å²) >= 11 is 0. The summed E-state index contributed by atoms with van der Waals surface area (Å²) in [5.74, 6) is 0.834. The molecule has 124 valence electrons. The minimum Gasteiger partial charge on any atom is -0.379 e. The maximum atomic E-state index is 5.41. The Bertz CT molecular complexity index is 438. The van der Waals surface area contributed by atoms with Crippen LogP contribution in [0.25, 0.3) is 0 Å². The van der Waals surface area contributed by atoms with Crippen LogP contribution < -0.4 is 5.32 Å². The third-order valence-electron chi connectivity index (χ3n) is 4.48. The lowest BCUT2D eigenvalue weighted by Gasteiger charge is -2.44. The molecule has 1 heterocycles. The largest absolute Gasteiger partial charge is 0.379 e. The molecular weight excluding hydrogens is 276 g/mol. The van der Waals surface area contributed by atoms with Gasteiger partial charge in [-0.1, -0.05) is 20.8 Å². The van der Waals surface area contributed by atoms with Gasteiger partial charge in [0.2, 0.25) is 0 Å². The van der Waals surface area contributed by atoms with Crippen molar-refractivity contribution in [1.82, 2.24) is 10.2 Å². The molecule has 2 rings (SSSR count). The summed E-state index contributed by atoms with van der Waals surface area (Å²) in [5.41, 5.74) is 1.05. The molecule has 0 bridgehead atoms. The van der Waals surface area contributed by atoms with Crippen molar-refractivity contribution in [3.05, 3.63) is 11.9 Å². The van der Waals surface area contributed by atoms with E-state index in [0.29, 0.717) is 12.1 Å². The van der Waals surface area contributed by atoms with Crippen molar-refractivity contribution in [1.29, 1.82) is 0 Å². The number of morpholine rings is 1. The van der Waals surface area contributed by atoms with Crippen LogP contribution >= 0.6 is 0 Å². The second kappa shape index (κ2) is 7.38. The normalized spacial score (nSPS) is 28.2. The summed E-state index contributed by atoms with van der Waals surface area (Å²) in [6.45, 7) is 14.0. The second-order valence-electron chi connectivity index (χ2n) is 7.16. The lowest BCUT2D eigenvalue weighted by Crippen LogP contribution is -2.55. The number of hydrogen-bond donors (Lipinski definition) is 1. The van der Waals surface area contributed by atoms with Crippen LogP contribution in [0.15, 0.2) is 21.9 Å². The van der Waals surface area contributed by atoms with Gasteiger partial charge in [0.15, 0.2) is 0 Å². The van der Waals surface area contributed by atoms with Gasteiger partial charge >= 0.3 is 0 Å². The van der Waals surface area contributed by atoms with Crippen molar-refractivity contribution in [3.63, 3.8) is 0 Å². The van der Waals surface area contributed by atoms with Crippen LogP contribution in [0.5, 0.6) is 0 Å². The number of allylic oxidation sites excluding steroid dienone is 1. The molecule has 1 aliphatic heterocycles. The molecule has 5 nitrogen and oxygen atoms in total. The number of rotatable bonds is 5. The van der Waals surface area contributed by atoms with Crippen molar-refractivity contribution in [2.24, 2.45) is 15.4 Å². The van der Waals surface area contributed by atoms with Crippen LogP contribution in [0.2, 0.25) is 0 Å². The van der Waals surface area contributed by atoms with Gasteiger partial charge in [0.1, 0.15) is 5.82 Å². The monoisotopic (exact) mass is 306 g/mol. The summed E-state index contributed by atoms with van der Waals surface area (Å²) in [5, 5.41) is 3.50. The predicted molar refractivity (Wildman–Crippen MR) is 92.8 cm³/mol. The maximum Gasteiger partial charge on any atom is 0.127 e. The van der Waals surface area contributed by atoms with Gasteiger partial charge in [0, 0.05) is 49.4 Å². The molecule has 0 radical (unpaired) electrons. The summed E-state index contributed by atoms with van der Waals surface area (Å²) in [4.78, 5) is 11.1. The van der Waals surface area contributed by atoms with Crippen molar-refractivity contribution >= 4 is 12.4 Å². The Kier molecular flexibility index (Phi) is 5.75. The zero-order valence-corrected chi connectivity index (χ0v) is 14.4. The van der Waals surface area contributed by atoms with Gasteiger partial charge in [-0.05, 0) is 19.6 Å². The van der Waals surface area contributed by atoms with Crippen LogP contribution in [0, 0.1) is 5.41 Å². The lowest BCUT2D eigenvalue weighted by atomic mass is 9.85. The van der Waals surface area contributed by atoms with E-state index in [1.54, 1.807) is 0 Å². The fraction of sp³-hybridized carbons (Fsp3) is 0.765. The van der Waals surface area contributed by atoms with Crippen LogP contribution in [-0.4, -0.2) is 62.8 Å². The Hall–Kier alpha value is -1.20. The number of nitrogens with zero attached hydrogens (tertiary/aromatic N) is 3. The Morgan fingerprint density at radius 1 is 1.27 bits per heavy atom. The Morgan fingerprint density at radius 3 is 2.41 bits per heavy atom. The number of ether oxygens (including phenoxy) is 1. The zero-order chi connectivity index (χ0) is 16.2. The number of aliphatic imine (C=N–C) groups is 2. The molecular formula is C17H30N4O. The zero-order valence-electron chi connectivity index (χ0n) is 14.4. The molecule has 0 aromatic heterocycles. The van der Waals surface area contributed by atoms with E-state index >= 15 is 0 Å². The standard InChI is InChI=1S/C17H30N4O/c1-17(2,3)15(18-4)12-16(19-5)20-13-10-14(11-13)21-6-8-22-9-7-21/h12-14,20H,5-11H2,1-4H3/b16-12+,18-15+/t13-,14+. The second-order valence-corrected chi connectivity index (χ2v) is 7.16. The average molecular weight is 306 g/mol. The van der Waals surface area contributed by atoms with E-state index in [-0.39, 0.29) is 5.41 Å². The van der Waals surface area contributed by atoms with Gasteiger partial charge in [0.05, 0.1) is 13.2 Å². The van der Waals surface area contributed by atoms with Gasteiger partial charge in [-0.3, -0.25) is 9.89 Å². The third-order valence-corrected chi connectivity index (χ3v) is 4.48. The molecule has 0 aromatic carbocycles. The molecule has 5 heteroatoms. The Balaban J connectivity index is 1.86. The average Bonchev–Trinajstić information content (AvgIpc) is 2.45. The quantitative estimate of drug-likeness (QED) is 0.791. The molecule has 22 heavy (non-hydrogen) atoms. The molecule has 1 aliphatic carbocycles. The number of hydrogen-bond acceptors (Lipinski definition) is 5. The first-order chi connectivity index (χ1) is 10.4. The highest BCUT2D eigenvalue weighted by atomic mass is 16.5. The van der Waals surface area contributed by atoms with E-state index in [9.17, 15) is 0 Å². The minimum absolute atomic E-state index is 0.0162. The molecule has 0 amide bonds. The van der Waals surface area contributed by atoms with E-state index in [4.69, 9.17) is 4.74 Å². The summed E-state index contributed by atoms with van der Waals surface area (Å²) in [6.07, 6.45) is 4.36. The number of nitrogens with one attached hydrogen (secondary N) is 1.